The van der Waals surface area contributed by atoms with Crippen LogP contribution in [0.5, 0.6) is 5.75 Å². The van der Waals surface area contributed by atoms with E-state index in [1.54, 1.807) is 19.1 Å². The number of anilines is 1. The number of carbonyl (C=O) groups excluding carboxylic acids is 1. The molecule has 26 heavy (non-hydrogen) atoms. The summed E-state index contributed by atoms with van der Waals surface area (Å²) in [6, 6.07) is 7.02. The Balaban J connectivity index is 2.06. The smallest absolute Gasteiger partial charge is 0.387 e. The third-order valence-corrected chi connectivity index (χ3v) is 3.93. The highest BCUT2D eigenvalue weighted by atomic mass is 35.5. The molecule has 3 aromatic rings. The molecule has 0 unspecified atom stereocenters. The second kappa shape index (κ2) is 7.09. The summed E-state index contributed by atoms with van der Waals surface area (Å²) in [6.45, 7) is -1.33. The minimum Gasteiger partial charge on any atom is -0.432 e. The number of nitrogens with zero attached hydrogens (tertiary/aromatic N) is 1. The molecule has 0 aliphatic rings. The molecule has 0 fully saturated rings. The molecular formula is C17H12ClF2N3O3. The van der Waals surface area contributed by atoms with Gasteiger partial charge in [-0.05, 0) is 25.1 Å². The number of aromatic nitrogens is 2. The van der Waals surface area contributed by atoms with Gasteiger partial charge in [0.15, 0.2) is 5.75 Å². The van der Waals surface area contributed by atoms with Crippen LogP contribution in [0.15, 0.2) is 41.3 Å². The Kier molecular flexibility index (Phi) is 4.85. The van der Waals surface area contributed by atoms with Gasteiger partial charge in [-0.2, -0.15) is 8.78 Å². The van der Waals surface area contributed by atoms with Gasteiger partial charge in [-0.3, -0.25) is 9.59 Å². The molecule has 0 saturated carbocycles. The Bertz CT molecular complexity index is 1050. The predicted molar refractivity (Wildman–Crippen MR) is 93.1 cm³/mol. The maximum Gasteiger partial charge on any atom is 0.387 e. The minimum absolute atomic E-state index is 0.0327. The van der Waals surface area contributed by atoms with Crippen LogP contribution in [-0.2, 0) is 0 Å². The third kappa shape index (κ3) is 3.50. The van der Waals surface area contributed by atoms with Crippen LogP contribution in [0, 0.1) is 6.92 Å². The number of aryl methyl sites for hydroxylation is 1. The van der Waals surface area contributed by atoms with Crippen LogP contribution >= 0.6 is 11.6 Å². The molecule has 0 saturated heterocycles. The topological polar surface area (TPSA) is 84.1 Å². The van der Waals surface area contributed by atoms with Crippen molar-refractivity contribution in [2.24, 2.45) is 0 Å². The predicted octanol–water partition coefficient (Wildman–Crippen LogP) is 3.74. The monoisotopic (exact) mass is 379 g/mol. The first kappa shape index (κ1) is 17.8. The van der Waals surface area contributed by atoms with Gasteiger partial charge in [0.05, 0.1) is 0 Å². The molecule has 1 amide bonds. The number of carbonyl (C=O) groups is 1. The van der Waals surface area contributed by atoms with Crippen LogP contribution in [0.4, 0.5) is 14.6 Å². The van der Waals surface area contributed by atoms with Crippen molar-refractivity contribution in [2.75, 3.05) is 5.32 Å². The molecular weight excluding hydrogens is 368 g/mol. The van der Waals surface area contributed by atoms with E-state index in [0.717, 1.165) is 0 Å². The molecule has 0 spiro atoms. The van der Waals surface area contributed by atoms with E-state index < -0.39 is 17.9 Å². The Morgan fingerprint density at radius 2 is 2.04 bits per heavy atom. The van der Waals surface area contributed by atoms with Crippen molar-refractivity contribution < 1.29 is 18.3 Å². The summed E-state index contributed by atoms with van der Waals surface area (Å²) < 4.78 is 29.7. The Morgan fingerprint density at radius 3 is 2.77 bits per heavy atom. The van der Waals surface area contributed by atoms with Crippen molar-refractivity contribution in [3.63, 3.8) is 0 Å². The van der Waals surface area contributed by atoms with E-state index in [2.05, 4.69) is 20.0 Å². The molecule has 2 aromatic heterocycles. The maximum atomic E-state index is 12.6. The standard InChI is InChI=1S/C17H12ClF2N3O3/c1-8-2-3-9-10(4-5-12(14(9)22-8)26-17(19)20)16(25)23-15-13(18)11(24)6-7-21-15/h2-7,17H,1H3,(H2,21,23,24,25). The summed E-state index contributed by atoms with van der Waals surface area (Å²) in [6.07, 6.45) is 1.34. The summed E-state index contributed by atoms with van der Waals surface area (Å²) >= 11 is 5.87. The van der Waals surface area contributed by atoms with Crippen molar-refractivity contribution in [1.29, 1.82) is 0 Å². The van der Waals surface area contributed by atoms with Crippen LogP contribution in [0.2, 0.25) is 5.02 Å². The van der Waals surface area contributed by atoms with E-state index in [1.165, 1.54) is 24.4 Å². The number of pyridine rings is 2. The first-order chi connectivity index (χ1) is 12.4. The number of hydrogen-bond acceptors (Lipinski definition) is 4. The lowest BCUT2D eigenvalue weighted by molar-refractivity contribution is -0.0489. The first-order valence-electron chi connectivity index (χ1n) is 7.40. The highest BCUT2D eigenvalue weighted by Gasteiger charge is 2.18. The van der Waals surface area contributed by atoms with E-state index in [-0.39, 0.29) is 27.7 Å². The van der Waals surface area contributed by atoms with Crippen LogP contribution in [0.3, 0.4) is 0 Å². The largest absolute Gasteiger partial charge is 0.432 e. The van der Waals surface area contributed by atoms with E-state index in [9.17, 15) is 18.4 Å². The van der Waals surface area contributed by atoms with Gasteiger partial charge in [-0.25, -0.2) is 4.98 Å². The summed E-state index contributed by atoms with van der Waals surface area (Å²) in [5.74, 6) is -0.695. The average Bonchev–Trinajstić information content (AvgIpc) is 2.59. The molecule has 0 aliphatic heterocycles. The number of rotatable bonds is 4. The van der Waals surface area contributed by atoms with E-state index in [4.69, 9.17) is 11.6 Å². The van der Waals surface area contributed by atoms with Gasteiger partial charge >= 0.3 is 6.61 Å². The second-order valence-electron chi connectivity index (χ2n) is 5.32. The van der Waals surface area contributed by atoms with Crippen molar-refractivity contribution in [2.45, 2.75) is 13.5 Å². The molecule has 0 aliphatic carbocycles. The van der Waals surface area contributed by atoms with Crippen LogP contribution in [-0.4, -0.2) is 22.5 Å². The number of H-pyrrole nitrogens is 1. The number of nitrogens with one attached hydrogen (secondary N) is 2. The van der Waals surface area contributed by atoms with E-state index in [1.807, 2.05) is 0 Å². The van der Waals surface area contributed by atoms with Gasteiger partial charge in [0.1, 0.15) is 16.4 Å². The van der Waals surface area contributed by atoms with Gasteiger partial charge in [-0.1, -0.05) is 17.7 Å². The number of halogens is 3. The molecule has 2 N–H and O–H groups in total. The molecule has 134 valence electrons. The van der Waals surface area contributed by atoms with Gasteiger partial charge in [0.2, 0.25) is 5.43 Å². The summed E-state index contributed by atoms with van der Waals surface area (Å²) in [4.78, 5) is 31.0. The number of hydrogen-bond donors (Lipinski definition) is 2. The lowest BCUT2D eigenvalue weighted by Crippen LogP contribution is -2.16. The highest BCUT2D eigenvalue weighted by molar-refractivity contribution is 6.33. The highest BCUT2D eigenvalue weighted by Crippen LogP contribution is 2.29. The normalized spacial score (nSPS) is 11.0. The number of amides is 1. The zero-order valence-electron chi connectivity index (χ0n) is 13.3. The van der Waals surface area contributed by atoms with Gasteiger partial charge in [0.25, 0.3) is 5.91 Å². The number of benzene rings is 1. The summed E-state index contributed by atoms with van der Waals surface area (Å²) in [5.41, 5.74) is 0.411. The Labute approximate surface area is 150 Å². The lowest BCUT2D eigenvalue weighted by atomic mass is 10.1. The van der Waals surface area contributed by atoms with E-state index in [0.29, 0.717) is 11.1 Å². The average molecular weight is 380 g/mol. The van der Waals surface area contributed by atoms with Crippen molar-refractivity contribution in [3.8, 4) is 5.75 Å². The fourth-order valence-electron chi connectivity index (χ4n) is 2.41. The quantitative estimate of drug-likeness (QED) is 0.723. The lowest BCUT2D eigenvalue weighted by Gasteiger charge is -2.12. The van der Waals surface area contributed by atoms with E-state index >= 15 is 0 Å². The van der Waals surface area contributed by atoms with Gasteiger partial charge < -0.3 is 15.0 Å². The van der Waals surface area contributed by atoms with Crippen molar-refractivity contribution >= 4 is 34.2 Å². The SMILES string of the molecule is Cc1ccc2c(C(=O)Nc3[nH]ccc(=O)c3Cl)ccc(OC(F)F)c2n1. The van der Waals surface area contributed by atoms with Gasteiger partial charge in [0, 0.05) is 28.9 Å². The minimum atomic E-state index is -3.02. The molecule has 0 atom stereocenters. The molecule has 3 rings (SSSR count). The number of ether oxygens (including phenoxy) is 1. The number of aromatic amines is 1. The maximum absolute atomic E-state index is 12.6. The third-order valence-electron chi connectivity index (χ3n) is 3.56. The molecule has 2 heterocycles. The second-order valence-corrected chi connectivity index (χ2v) is 5.70. The molecule has 0 bridgehead atoms. The number of alkyl halides is 2. The molecule has 6 nitrogen and oxygen atoms in total. The van der Waals surface area contributed by atoms with Crippen molar-refractivity contribution in [3.05, 3.63) is 63.0 Å². The Hall–Kier alpha value is -3.00. The van der Waals surface area contributed by atoms with Crippen molar-refractivity contribution in [1.82, 2.24) is 9.97 Å². The fourth-order valence-corrected chi connectivity index (χ4v) is 2.58. The molecule has 9 heteroatoms. The molecule has 0 radical (unpaired) electrons. The van der Waals surface area contributed by atoms with Crippen LogP contribution in [0.25, 0.3) is 10.9 Å². The van der Waals surface area contributed by atoms with Gasteiger partial charge in [-0.15, -0.1) is 0 Å². The Morgan fingerprint density at radius 1 is 1.27 bits per heavy atom. The summed E-state index contributed by atoms with van der Waals surface area (Å²) in [5, 5.41) is 2.64. The number of fused-ring (bicyclic) bond motifs is 1. The zero-order valence-corrected chi connectivity index (χ0v) is 14.1. The fraction of sp³-hybridized carbons (Fsp3) is 0.118. The van der Waals surface area contributed by atoms with Crippen LogP contribution in [0.1, 0.15) is 16.1 Å². The van der Waals surface area contributed by atoms with Crippen LogP contribution < -0.4 is 15.5 Å². The first-order valence-corrected chi connectivity index (χ1v) is 7.78. The molecule has 1 aromatic carbocycles. The zero-order chi connectivity index (χ0) is 18.8. The summed E-state index contributed by atoms with van der Waals surface area (Å²) in [7, 11) is 0.